The summed E-state index contributed by atoms with van der Waals surface area (Å²) in [7, 11) is 0. The number of alkyl halides is 1. The predicted octanol–water partition coefficient (Wildman–Crippen LogP) is 2.90. The summed E-state index contributed by atoms with van der Waals surface area (Å²) in [4.78, 5) is 27.6. The third-order valence-electron chi connectivity index (χ3n) is 2.96. The van der Waals surface area contributed by atoms with E-state index >= 15 is 0 Å². The average molecular weight is 356 g/mol. The first-order chi connectivity index (χ1) is 9.56. The molecule has 2 N–H and O–H groups in total. The maximum Gasteiger partial charge on any atom is 0.314 e. The molecule has 20 heavy (non-hydrogen) atoms. The van der Waals surface area contributed by atoms with Crippen LogP contribution in [0, 0.1) is 0 Å². The van der Waals surface area contributed by atoms with Gasteiger partial charge >= 0.3 is 11.1 Å². The third-order valence-corrected chi connectivity index (χ3v) is 4.09. The lowest BCUT2D eigenvalue weighted by Crippen LogP contribution is -2.28. The summed E-state index contributed by atoms with van der Waals surface area (Å²) in [6.07, 6.45) is 1.54. The van der Waals surface area contributed by atoms with Crippen LogP contribution in [0.5, 0.6) is 0 Å². The van der Waals surface area contributed by atoms with E-state index in [4.69, 9.17) is 16.0 Å². The Labute approximate surface area is 125 Å². The Hall–Kier alpha value is -1.79. The van der Waals surface area contributed by atoms with Crippen LogP contribution < -0.4 is 11.1 Å². The number of aromatic nitrogens is 2. The molecule has 2 heterocycles. The zero-order valence-corrected chi connectivity index (χ0v) is 12.3. The van der Waals surface area contributed by atoms with E-state index in [1.165, 1.54) is 6.26 Å². The summed E-state index contributed by atoms with van der Waals surface area (Å²) in [5.41, 5.74) is 1.28. The lowest BCUT2D eigenvalue weighted by molar-refractivity contribution is 0.537. The maximum absolute atomic E-state index is 11.3. The Morgan fingerprint density at radius 1 is 1.10 bits per heavy atom. The first-order valence-electron chi connectivity index (χ1n) is 5.69. The average Bonchev–Trinajstić information content (AvgIpc) is 2.85. The van der Waals surface area contributed by atoms with Crippen LogP contribution in [0.25, 0.3) is 11.0 Å². The Balaban J connectivity index is 2.14. The molecule has 0 fully saturated rings. The van der Waals surface area contributed by atoms with Crippen LogP contribution in [0.3, 0.4) is 0 Å². The summed E-state index contributed by atoms with van der Waals surface area (Å²) in [6, 6.07) is 6.98. The quantitative estimate of drug-likeness (QED) is 0.548. The highest BCUT2D eigenvalue weighted by Gasteiger charge is 2.16. The van der Waals surface area contributed by atoms with Crippen molar-refractivity contribution in [1.29, 1.82) is 0 Å². The van der Waals surface area contributed by atoms with Gasteiger partial charge < -0.3 is 14.4 Å². The molecule has 0 aliphatic heterocycles. The molecule has 102 valence electrons. The predicted molar refractivity (Wildman–Crippen MR) is 79.3 cm³/mol. The highest BCUT2D eigenvalue weighted by Crippen LogP contribution is 2.34. The number of halogens is 2. The van der Waals surface area contributed by atoms with E-state index in [0.717, 1.165) is 11.1 Å². The van der Waals surface area contributed by atoms with Gasteiger partial charge in [-0.2, -0.15) is 0 Å². The maximum atomic E-state index is 11.3. The topological polar surface area (TPSA) is 78.9 Å². The molecule has 0 spiro atoms. The molecular formula is C13H8BrClN2O3. The van der Waals surface area contributed by atoms with E-state index in [1.807, 2.05) is 0 Å². The van der Waals surface area contributed by atoms with Crippen LogP contribution in [-0.4, -0.2) is 9.97 Å². The number of furan rings is 1. The van der Waals surface area contributed by atoms with Gasteiger partial charge in [0.05, 0.1) is 22.7 Å². The van der Waals surface area contributed by atoms with Crippen LogP contribution in [-0.2, 0) is 0 Å². The zero-order valence-electron chi connectivity index (χ0n) is 9.94. The van der Waals surface area contributed by atoms with Crippen molar-refractivity contribution in [1.82, 2.24) is 9.97 Å². The van der Waals surface area contributed by atoms with Crippen LogP contribution in [0.15, 0.2) is 49.2 Å². The van der Waals surface area contributed by atoms with Crippen molar-refractivity contribution in [2.75, 3.05) is 0 Å². The molecular weight excluding hydrogens is 348 g/mol. The lowest BCUT2D eigenvalue weighted by Gasteiger charge is -2.09. The molecule has 0 saturated heterocycles. The molecule has 1 aromatic carbocycles. The second kappa shape index (κ2) is 4.96. The molecule has 5 nitrogen and oxygen atoms in total. The van der Waals surface area contributed by atoms with E-state index in [2.05, 4.69) is 25.9 Å². The number of hydrogen-bond acceptors (Lipinski definition) is 3. The summed E-state index contributed by atoms with van der Waals surface area (Å²) in [6.45, 7) is 0. The monoisotopic (exact) mass is 354 g/mol. The molecule has 0 aliphatic carbocycles. The number of H-pyrrole nitrogens is 2. The van der Waals surface area contributed by atoms with Gasteiger partial charge in [-0.15, -0.1) is 11.6 Å². The Morgan fingerprint density at radius 2 is 1.80 bits per heavy atom. The minimum atomic E-state index is -0.690. The lowest BCUT2D eigenvalue weighted by atomic mass is 10.1. The molecule has 3 rings (SSSR count). The highest BCUT2D eigenvalue weighted by molar-refractivity contribution is 9.10. The van der Waals surface area contributed by atoms with Crippen molar-refractivity contribution in [3.8, 4) is 0 Å². The van der Waals surface area contributed by atoms with Gasteiger partial charge in [-0.1, -0.05) is 6.07 Å². The second-order valence-electron chi connectivity index (χ2n) is 4.23. The molecule has 0 amide bonds. The van der Waals surface area contributed by atoms with Gasteiger partial charge in [0.2, 0.25) is 0 Å². The molecule has 1 atom stereocenters. The first kappa shape index (κ1) is 13.2. The molecule has 2 aromatic heterocycles. The number of benzene rings is 1. The Kier molecular flexibility index (Phi) is 3.27. The van der Waals surface area contributed by atoms with Crippen LogP contribution in [0.4, 0.5) is 0 Å². The van der Waals surface area contributed by atoms with Crippen molar-refractivity contribution < 1.29 is 4.42 Å². The van der Waals surface area contributed by atoms with Gasteiger partial charge in [-0.25, -0.2) is 0 Å². The van der Waals surface area contributed by atoms with Crippen molar-refractivity contribution in [2.45, 2.75) is 5.38 Å². The van der Waals surface area contributed by atoms with Gasteiger partial charge in [0, 0.05) is 5.56 Å². The van der Waals surface area contributed by atoms with E-state index in [0.29, 0.717) is 15.7 Å². The van der Waals surface area contributed by atoms with Crippen molar-refractivity contribution in [3.05, 3.63) is 67.0 Å². The fourth-order valence-corrected chi connectivity index (χ4v) is 2.86. The summed E-state index contributed by atoms with van der Waals surface area (Å²) in [5, 5.41) is -0.428. The van der Waals surface area contributed by atoms with E-state index < -0.39 is 16.5 Å². The van der Waals surface area contributed by atoms with Gasteiger partial charge in [-0.05, 0) is 39.7 Å². The number of fused-ring (bicyclic) bond motifs is 1. The first-order valence-corrected chi connectivity index (χ1v) is 6.92. The van der Waals surface area contributed by atoms with Crippen molar-refractivity contribution >= 4 is 38.6 Å². The SMILES string of the molecule is O=c1[nH]c2ccc(C(Cl)c3ccoc3Br)cc2[nH]c1=O. The minimum absolute atomic E-state index is 0.428. The molecule has 3 aromatic rings. The molecule has 0 saturated carbocycles. The summed E-state index contributed by atoms with van der Waals surface area (Å²) < 4.78 is 5.72. The smallest absolute Gasteiger partial charge is 0.314 e. The normalized spacial score (nSPS) is 12.7. The fourth-order valence-electron chi connectivity index (χ4n) is 1.95. The zero-order chi connectivity index (χ0) is 14.3. The molecule has 7 heteroatoms. The van der Waals surface area contributed by atoms with Gasteiger partial charge in [0.1, 0.15) is 0 Å². The fraction of sp³-hybridized carbons (Fsp3) is 0.0769. The number of aromatic amines is 2. The van der Waals surface area contributed by atoms with E-state index in [1.54, 1.807) is 24.3 Å². The Bertz CT molecular complexity index is 896. The van der Waals surface area contributed by atoms with Gasteiger partial charge in [0.15, 0.2) is 4.67 Å². The van der Waals surface area contributed by atoms with E-state index in [-0.39, 0.29) is 0 Å². The number of hydrogen-bond donors (Lipinski definition) is 2. The molecule has 0 radical (unpaired) electrons. The van der Waals surface area contributed by atoms with Crippen LogP contribution >= 0.6 is 27.5 Å². The second-order valence-corrected chi connectivity index (χ2v) is 5.38. The standard InChI is InChI=1S/C13H8BrClN2O3/c14-11-7(3-4-20-11)10(15)6-1-2-8-9(5-6)17-13(19)12(18)16-8/h1-5,10H,(H,16,18)(H,17,19). The Morgan fingerprint density at radius 3 is 2.45 bits per heavy atom. The number of nitrogens with one attached hydrogen (secondary N) is 2. The van der Waals surface area contributed by atoms with Gasteiger partial charge in [-0.3, -0.25) is 9.59 Å². The molecule has 1 unspecified atom stereocenters. The van der Waals surface area contributed by atoms with Crippen molar-refractivity contribution in [3.63, 3.8) is 0 Å². The molecule has 0 bridgehead atoms. The summed E-state index contributed by atoms with van der Waals surface area (Å²) in [5.74, 6) is 0. The van der Waals surface area contributed by atoms with Crippen LogP contribution in [0.1, 0.15) is 16.5 Å². The molecule has 0 aliphatic rings. The largest absolute Gasteiger partial charge is 0.457 e. The van der Waals surface area contributed by atoms with Gasteiger partial charge in [0.25, 0.3) is 0 Å². The summed E-state index contributed by atoms with van der Waals surface area (Å²) >= 11 is 9.67. The van der Waals surface area contributed by atoms with Crippen LogP contribution in [0.2, 0.25) is 0 Å². The highest BCUT2D eigenvalue weighted by atomic mass is 79.9. The minimum Gasteiger partial charge on any atom is -0.457 e. The number of rotatable bonds is 2. The van der Waals surface area contributed by atoms with Crippen molar-refractivity contribution in [2.24, 2.45) is 0 Å². The van der Waals surface area contributed by atoms with E-state index in [9.17, 15) is 9.59 Å². The third kappa shape index (κ3) is 2.21.